The van der Waals surface area contributed by atoms with Crippen molar-refractivity contribution in [2.75, 3.05) is 13.7 Å². The van der Waals surface area contributed by atoms with E-state index >= 15 is 0 Å². The molecule has 20 heavy (non-hydrogen) atoms. The van der Waals surface area contributed by atoms with Gasteiger partial charge in [-0.1, -0.05) is 11.3 Å². The molecule has 1 saturated heterocycles. The summed E-state index contributed by atoms with van der Waals surface area (Å²) in [5.74, 6) is -0.587. The summed E-state index contributed by atoms with van der Waals surface area (Å²) >= 11 is 1.08. The van der Waals surface area contributed by atoms with E-state index in [1.54, 1.807) is 17.2 Å². The summed E-state index contributed by atoms with van der Waals surface area (Å²) in [6, 6.07) is -0.518. The molecule has 1 aliphatic rings. The summed E-state index contributed by atoms with van der Waals surface area (Å²) in [6.45, 7) is 2.32. The number of hydrogen-bond donors (Lipinski definition) is 0. The van der Waals surface area contributed by atoms with Crippen LogP contribution < -0.4 is 4.87 Å². The van der Waals surface area contributed by atoms with Crippen LogP contribution >= 0.6 is 11.3 Å². The highest BCUT2D eigenvalue weighted by Crippen LogP contribution is 2.18. The summed E-state index contributed by atoms with van der Waals surface area (Å²) in [5, 5.41) is 1.73. The molecule has 1 fully saturated rings. The van der Waals surface area contributed by atoms with Gasteiger partial charge in [-0.3, -0.25) is 14.2 Å². The number of esters is 1. The van der Waals surface area contributed by atoms with Crippen LogP contribution in [0.5, 0.6) is 0 Å². The molecule has 2 rings (SSSR count). The number of methoxy groups -OCH3 is 1. The van der Waals surface area contributed by atoms with Crippen molar-refractivity contribution >= 4 is 23.2 Å². The number of hydrogen-bond acceptors (Lipinski definition) is 5. The number of piperidine rings is 1. The normalized spacial score (nSPS) is 18.9. The molecule has 2 heterocycles. The minimum Gasteiger partial charge on any atom is -0.467 e. The molecule has 1 amide bonds. The third-order valence-corrected chi connectivity index (χ3v) is 4.45. The third-order valence-electron chi connectivity index (χ3n) is 3.57. The van der Waals surface area contributed by atoms with Crippen LogP contribution in [0.3, 0.4) is 0 Å². The minimum absolute atomic E-state index is 0.0122. The molecule has 6 nitrogen and oxygen atoms in total. The van der Waals surface area contributed by atoms with Crippen LogP contribution in [0.4, 0.5) is 0 Å². The van der Waals surface area contributed by atoms with Gasteiger partial charge in [-0.05, 0) is 26.2 Å². The lowest BCUT2D eigenvalue weighted by molar-refractivity contribution is -0.154. The number of thiazole rings is 1. The largest absolute Gasteiger partial charge is 0.467 e. The first-order valence-electron chi connectivity index (χ1n) is 6.57. The molecule has 0 bridgehead atoms. The number of carbonyl (C=O) groups excluding carboxylic acids is 2. The Balaban J connectivity index is 2.14. The van der Waals surface area contributed by atoms with Crippen molar-refractivity contribution in [2.24, 2.45) is 0 Å². The minimum atomic E-state index is -0.518. The van der Waals surface area contributed by atoms with E-state index in [1.807, 2.05) is 0 Å². The predicted molar refractivity (Wildman–Crippen MR) is 74.7 cm³/mol. The van der Waals surface area contributed by atoms with E-state index in [-0.39, 0.29) is 23.3 Å². The number of nitrogens with zero attached hydrogens (tertiary/aromatic N) is 2. The maximum absolute atomic E-state index is 12.4. The standard InChI is InChI=1S/C13H18N2O4S/c1-9-8-20-13(18)15(9)7-11(16)14-6-4-3-5-10(14)12(17)19-2/h8,10H,3-7H2,1-2H3. The van der Waals surface area contributed by atoms with Gasteiger partial charge >= 0.3 is 10.8 Å². The van der Waals surface area contributed by atoms with Crippen LogP contribution in [0.2, 0.25) is 0 Å². The number of rotatable bonds is 3. The number of likely N-dealkylation sites (tertiary alicyclic amines) is 1. The fourth-order valence-corrected chi connectivity index (χ4v) is 3.17. The van der Waals surface area contributed by atoms with Gasteiger partial charge in [-0.2, -0.15) is 0 Å². The van der Waals surface area contributed by atoms with Crippen LogP contribution in [0.1, 0.15) is 25.0 Å². The van der Waals surface area contributed by atoms with Gasteiger partial charge in [0, 0.05) is 17.6 Å². The number of ether oxygens (including phenoxy) is 1. The van der Waals surface area contributed by atoms with Crippen molar-refractivity contribution in [3.05, 3.63) is 20.7 Å². The van der Waals surface area contributed by atoms with Gasteiger partial charge in [0.2, 0.25) is 5.91 Å². The highest BCUT2D eigenvalue weighted by atomic mass is 32.1. The van der Waals surface area contributed by atoms with Gasteiger partial charge in [0.1, 0.15) is 12.6 Å². The molecular weight excluding hydrogens is 280 g/mol. The maximum Gasteiger partial charge on any atom is 0.328 e. The zero-order chi connectivity index (χ0) is 14.7. The first kappa shape index (κ1) is 14.8. The van der Waals surface area contributed by atoms with Gasteiger partial charge in [-0.15, -0.1) is 0 Å². The second-order valence-electron chi connectivity index (χ2n) is 4.85. The van der Waals surface area contributed by atoms with E-state index in [4.69, 9.17) is 4.74 Å². The number of amides is 1. The van der Waals surface area contributed by atoms with E-state index in [1.165, 1.54) is 11.7 Å². The van der Waals surface area contributed by atoms with Crippen molar-refractivity contribution in [3.63, 3.8) is 0 Å². The van der Waals surface area contributed by atoms with Crippen LogP contribution in [0.15, 0.2) is 10.2 Å². The fraction of sp³-hybridized carbons (Fsp3) is 0.615. The molecule has 1 atom stereocenters. The smallest absolute Gasteiger partial charge is 0.328 e. The third kappa shape index (κ3) is 2.92. The molecule has 1 unspecified atom stereocenters. The lowest BCUT2D eigenvalue weighted by Crippen LogP contribution is -2.50. The van der Waals surface area contributed by atoms with Gasteiger partial charge < -0.3 is 9.64 Å². The van der Waals surface area contributed by atoms with Crippen LogP contribution in [0, 0.1) is 6.92 Å². The Hall–Kier alpha value is -1.63. The molecule has 0 aromatic carbocycles. The average Bonchev–Trinajstić information content (AvgIpc) is 2.78. The molecule has 110 valence electrons. The molecule has 1 aromatic rings. The average molecular weight is 298 g/mol. The molecule has 0 saturated carbocycles. The number of aromatic nitrogens is 1. The molecule has 7 heteroatoms. The Kier molecular flexibility index (Phi) is 4.59. The topological polar surface area (TPSA) is 68.6 Å². The van der Waals surface area contributed by atoms with Crippen molar-refractivity contribution in [2.45, 2.75) is 38.8 Å². The molecule has 0 spiro atoms. The lowest BCUT2D eigenvalue weighted by Gasteiger charge is -2.33. The Labute approximate surface area is 121 Å². The molecule has 1 aromatic heterocycles. The van der Waals surface area contributed by atoms with Crippen molar-refractivity contribution in [3.8, 4) is 0 Å². The Morgan fingerprint density at radius 3 is 2.80 bits per heavy atom. The zero-order valence-electron chi connectivity index (χ0n) is 11.6. The Bertz CT molecular complexity index is 563. The van der Waals surface area contributed by atoms with Gasteiger partial charge in [-0.25, -0.2) is 4.79 Å². The summed E-state index contributed by atoms with van der Waals surface area (Å²) in [7, 11) is 1.33. The summed E-state index contributed by atoms with van der Waals surface area (Å²) < 4.78 is 6.19. The number of aryl methyl sites for hydroxylation is 1. The van der Waals surface area contributed by atoms with Crippen molar-refractivity contribution in [1.82, 2.24) is 9.47 Å². The van der Waals surface area contributed by atoms with Crippen molar-refractivity contribution < 1.29 is 14.3 Å². The highest BCUT2D eigenvalue weighted by Gasteiger charge is 2.32. The molecule has 0 radical (unpaired) electrons. The zero-order valence-corrected chi connectivity index (χ0v) is 12.4. The van der Waals surface area contributed by atoms with E-state index in [2.05, 4.69) is 0 Å². The summed E-state index contributed by atoms with van der Waals surface area (Å²) in [5.41, 5.74) is 0.764. The molecule has 1 aliphatic heterocycles. The van der Waals surface area contributed by atoms with Gasteiger partial charge in [0.05, 0.1) is 7.11 Å². The first-order chi connectivity index (χ1) is 9.54. The Morgan fingerprint density at radius 1 is 1.45 bits per heavy atom. The van der Waals surface area contributed by atoms with Crippen molar-refractivity contribution in [1.29, 1.82) is 0 Å². The van der Waals surface area contributed by atoms with E-state index < -0.39 is 6.04 Å². The Morgan fingerprint density at radius 2 is 2.20 bits per heavy atom. The quantitative estimate of drug-likeness (QED) is 0.773. The van der Waals surface area contributed by atoms with E-state index in [9.17, 15) is 14.4 Å². The molecule has 0 aliphatic carbocycles. The van der Waals surface area contributed by atoms with Crippen LogP contribution in [-0.4, -0.2) is 41.0 Å². The fourth-order valence-electron chi connectivity index (χ4n) is 2.43. The SMILES string of the molecule is COC(=O)C1CCCCN1C(=O)Cn1c(C)csc1=O. The monoisotopic (exact) mass is 298 g/mol. The van der Waals surface area contributed by atoms with Gasteiger partial charge in [0.15, 0.2) is 0 Å². The highest BCUT2D eigenvalue weighted by molar-refractivity contribution is 7.07. The summed E-state index contributed by atoms with van der Waals surface area (Å²) in [4.78, 5) is 37.1. The lowest BCUT2D eigenvalue weighted by atomic mass is 10.0. The molecule has 0 N–H and O–H groups in total. The second kappa shape index (κ2) is 6.21. The molecular formula is C13H18N2O4S. The summed E-state index contributed by atoms with van der Waals surface area (Å²) in [6.07, 6.45) is 2.40. The number of carbonyl (C=O) groups is 2. The van der Waals surface area contributed by atoms with E-state index in [0.29, 0.717) is 13.0 Å². The van der Waals surface area contributed by atoms with E-state index in [0.717, 1.165) is 29.9 Å². The van der Waals surface area contributed by atoms with Crippen LogP contribution in [-0.2, 0) is 20.9 Å². The predicted octanol–water partition coefficient (Wildman–Crippen LogP) is 0.772. The van der Waals surface area contributed by atoms with Gasteiger partial charge in [0.25, 0.3) is 0 Å². The van der Waals surface area contributed by atoms with Crippen LogP contribution in [0.25, 0.3) is 0 Å². The maximum atomic E-state index is 12.4. The first-order valence-corrected chi connectivity index (χ1v) is 7.44. The second-order valence-corrected chi connectivity index (χ2v) is 5.67.